The lowest BCUT2D eigenvalue weighted by Crippen LogP contribution is -2.35. The second-order valence-corrected chi connectivity index (χ2v) is 5.76. The van der Waals surface area contributed by atoms with E-state index in [1.807, 2.05) is 0 Å². The predicted molar refractivity (Wildman–Crippen MR) is 77.8 cm³/mol. The van der Waals surface area contributed by atoms with Crippen molar-refractivity contribution in [2.24, 2.45) is 0 Å². The van der Waals surface area contributed by atoms with E-state index in [1.165, 1.54) is 6.07 Å². The lowest BCUT2D eigenvalue weighted by molar-refractivity contribution is -0.385. The number of rotatable bonds is 4. The zero-order valence-corrected chi connectivity index (χ0v) is 12.9. The Kier molecular flexibility index (Phi) is 4.39. The SMILES string of the molecule is CC(C)(C)OC(=O)NCC(=O)c1cc2c(cc1[N+](=O)[O-])OCO2. The summed E-state index contributed by atoms with van der Waals surface area (Å²) in [6.07, 6.45) is -0.783. The maximum atomic E-state index is 12.2. The number of alkyl carbamates (subject to hydrolysis) is 1. The van der Waals surface area contributed by atoms with Crippen molar-refractivity contribution in [2.75, 3.05) is 13.3 Å². The first-order valence-electron chi connectivity index (χ1n) is 6.75. The Labute approximate surface area is 131 Å². The second-order valence-electron chi connectivity index (χ2n) is 5.76. The highest BCUT2D eigenvalue weighted by atomic mass is 16.7. The molecule has 0 radical (unpaired) electrons. The summed E-state index contributed by atoms with van der Waals surface area (Å²) in [5.74, 6) is -0.189. The molecule has 1 aliphatic heterocycles. The number of nitro benzene ring substituents is 1. The molecule has 0 atom stereocenters. The van der Waals surface area contributed by atoms with Crippen LogP contribution in [0.2, 0.25) is 0 Å². The van der Waals surface area contributed by atoms with E-state index >= 15 is 0 Å². The molecule has 0 aliphatic carbocycles. The van der Waals surface area contributed by atoms with E-state index in [4.69, 9.17) is 14.2 Å². The first-order valence-corrected chi connectivity index (χ1v) is 6.75. The smallest absolute Gasteiger partial charge is 0.408 e. The molecule has 2 rings (SSSR count). The molecule has 0 bridgehead atoms. The molecule has 1 aromatic rings. The molecule has 1 amide bonds. The Morgan fingerprint density at radius 2 is 1.91 bits per heavy atom. The molecule has 0 saturated carbocycles. The summed E-state index contributed by atoms with van der Waals surface area (Å²) in [7, 11) is 0. The minimum absolute atomic E-state index is 0.0692. The Hall–Kier alpha value is -2.84. The van der Waals surface area contributed by atoms with Gasteiger partial charge < -0.3 is 19.5 Å². The molecule has 1 heterocycles. The number of nitro groups is 1. The van der Waals surface area contributed by atoms with Crippen molar-refractivity contribution in [1.29, 1.82) is 0 Å². The van der Waals surface area contributed by atoms with E-state index in [9.17, 15) is 19.7 Å². The Balaban J connectivity index is 2.13. The number of hydrogen-bond acceptors (Lipinski definition) is 7. The Bertz CT molecular complexity index is 664. The summed E-state index contributed by atoms with van der Waals surface area (Å²) in [5.41, 5.74) is -1.29. The van der Waals surface area contributed by atoms with Crippen molar-refractivity contribution in [3.05, 3.63) is 27.8 Å². The van der Waals surface area contributed by atoms with Crippen LogP contribution < -0.4 is 14.8 Å². The number of nitrogens with one attached hydrogen (secondary N) is 1. The summed E-state index contributed by atoms with van der Waals surface area (Å²) in [5, 5.41) is 13.4. The number of ether oxygens (including phenoxy) is 3. The number of benzene rings is 1. The molecular weight excluding hydrogens is 308 g/mol. The first-order chi connectivity index (χ1) is 10.7. The van der Waals surface area contributed by atoms with Gasteiger partial charge in [-0.05, 0) is 20.8 Å². The zero-order chi connectivity index (χ0) is 17.2. The van der Waals surface area contributed by atoms with Crippen molar-refractivity contribution in [1.82, 2.24) is 5.32 Å². The molecule has 23 heavy (non-hydrogen) atoms. The van der Waals surface area contributed by atoms with Crippen molar-refractivity contribution < 1.29 is 28.7 Å². The van der Waals surface area contributed by atoms with E-state index in [0.717, 1.165) is 6.07 Å². The average Bonchev–Trinajstić information content (AvgIpc) is 2.88. The third-order valence-electron chi connectivity index (χ3n) is 2.78. The summed E-state index contributed by atoms with van der Waals surface area (Å²) in [6.45, 7) is 4.53. The van der Waals surface area contributed by atoms with Gasteiger partial charge in [0.25, 0.3) is 5.69 Å². The largest absolute Gasteiger partial charge is 0.454 e. The van der Waals surface area contributed by atoms with Gasteiger partial charge in [-0.3, -0.25) is 14.9 Å². The minimum Gasteiger partial charge on any atom is -0.454 e. The lowest BCUT2D eigenvalue weighted by Gasteiger charge is -2.19. The van der Waals surface area contributed by atoms with Crippen LogP contribution in [0.3, 0.4) is 0 Å². The van der Waals surface area contributed by atoms with Crippen LogP contribution in [0.15, 0.2) is 12.1 Å². The van der Waals surface area contributed by atoms with Gasteiger partial charge in [0.15, 0.2) is 17.3 Å². The molecule has 1 N–H and O–H groups in total. The molecule has 1 aromatic carbocycles. The molecule has 9 nitrogen and oxygen atoms in total. The number of carbonyl (C=O) groups is 2. The Morgan fingerprint density at radius 3 is 2.48 bits per heavy atom. The van der Waals surface area contributed by atoms with E-state index in [0.29, 0.717) is 0 Å². The predicted octanol–water partition coefficient (Wildman–Crippen LogP) is 2.03. The summed E-state index contributed by atoms with van der Waals surface area (Å²) < 4.78 is 15.2. The zero-order valence-electron chi connectivity index (χ0n) is 12.9. The maximum Gasteiger partial charge on any atom is 0.408 e. The van der Waals surface area contributed by atoms with Crippen molar-refractivity contribution in [3.63, 3.8) is 0 Å². The molecule has 9 heteroatoms. The molecule has 1 aliphatic rings. The topological polar surface area (TPSA) is 117 Å². The van der Waals surface area contributed by atoms with E-state index in [2.05, 4.69) is 5.32 Å². The second kappa shape index (κ2) is 6.11. The fourth-order valence-electron chi connectivity index (χ4n) is 1.87. The number of Topliss-reactive ketones (excluding diaryl/α,β-unsaturated/α-hetero) is 1. The van der Waals surface area contributed by atoms with Gasteiger partial charge >= 0.3 is 6.09 Å². The molecule has 0 unspecified atom stereocenters. The molecule has 0 aromatic heterocycles. The van der Waals surface area contributed by atoms with Gasteiger partial charge in [-0.25, -0.2) is 4.79 Å². The van der Waals surface area contributed by atoms with Crippen LogP contribution in [0, 0.1) is 10.1 Å². The molecule has 0 fully saturated rings. The van der Waals surface area contributed by atoms with Crippen LogP contribution in [0.5, 0.6) is 11.5 Å². The maximum absolute atomic E-state index is 12.2. The molecule has 0 spiro atoms. The molecule has 0 saturated heterocycles. The Morgan fingerprint density at radius 1 is 1.30 bits per heavy atom. The number of nitrogens with zero attached hydrogens (tertiary/aromatic N) is 1. The van der Waals surface area contributed by atoms with Gasteiger partial charge in [-0.15, -0.1) is 0 Å². The standard InChI is InChI=1S/C14H16N2O7/c1-14(2,3)23-13(18)15-6-10(17)8-4-11-12(22-7-21-11)5-9(8)16(19)20/h4-5H,6-7H2,1-3H3,(H,15,18). The fraction of sp³-hybridized carbons (Fsp3) is 0.429. The van der Waals surface area contributed by atoms with Gasteiger partial charge in [-0.2, -0.15) is 0 Å². The van der Waals surface area contributed by atoms with Gasteiger partial charge in [-0.1, -0.05) is 0 Å². The third kappa shape index (κ3) is 4.09. The van der Waals surface area contributed by atoms with Crippen molar-refractivity contribution in [3.8, 4) is 11.5 Å². The van der Waals surface area contributed by atoms with E-state index in [1.54, 1.807) is 20.8 Å². The molecular formula is C14H16N2O7. The summed E-state index contributed by atoms with van der Waals surface area (Å²) in [6, 6.07) is 2.36. The van der Waals surface area contributed by atoms with Crippen LogP contribution >= 0.6 is 0 Å². The van der Waals surface area contributed by atoms with Gasteiger partial charge in [0, 0.05) is 6.07 Å². The third-order valence-corrected chi connectivity index (χ3v) is 2.78. The fourth-order valence-corrected chi connectivity index (χ4v) is 1.87. The highest BCUT2D eigenvalue weighted by Gasteiger charge is 2.27. The van der Waals surface area contributed by atoms with Crippen molar-refractivity contribution >= 4 is 17.6 Å². The van der Waals surface area contributed by atoms with Crippen LogP contribution in [0.1, 0.15) is 31.1 Å². The number of ketones is 1. The van der Waals surface area contributed by atoms with E-state index < -0.39 is 34.6 Å². The van der Waals surface area contributed by atoms with Gasteiger partial charge in [0.2, 0.25) is 6.79 Å². The van der Waals surface area contributed by atoms with Gasteiger partial charge in [0.05, 0.1) is 17.5 Å². The molecule has 124 valence electrons. The lowest BCUT2D eigenvalue weighted by atomic mass is 10.1. The van der Waals surface area contributed by atoms with Crippen LogP contribution in [0.25, 0.3) is 0 Å². The normalized spacial score (nSPS) is 12.7. The van der Waals surface area contributed by atoms with Crippen LogP contribution in [-0.2, 0) is 4.74 Å². The average molecular weight is 324 g/mol. The van der Waals surface area contributed by atoms with Crippen molar-refractivity contribution in [2.45, 2.75) is 26.4 Å². The minimum atomic E-state index is -0.783. The highest BCUT2D eigenvalue weighted by molar-refractivity contribution is 6.03. The first kappa shape index (κ1) is 16.5. The number of hydrogen-bond donors (Lipinski definition) is 1. The number of fused-ring (bicyclic) bond motifs is 1. The quantitative estimate of drug-likeness (QED) is 0.511. The number of carbonyl (C=O) groups excluding carboxylic acids is 2. The summed E-state index contributed by atoms with van der Waals surface area (Å²) >= 11 is 0. The van der Waals surface area contributed by atoms with Gasteiger partial charge in [0.1, 0.15) is 11.2 Å². The monoisotopic (exact) mass is 324 g/mol. The number of amides is 1. The summed E-state index contributed by atoms with van der Waals surface area (Å²) in [4.78, 5) is 34.1. The van der Waals surface area contributed by atoms with Crippen LogP contribution in [0.4, 0.5) is 10.5 Å². The van der Waals surface area contributed by atoms with Crippen LogP contribution in [-0.4, -0.2) is 35.7 Å². The van der Waals surface area contributed by atoms with E-state index in [-0.39, 0.29) is 23.9 Å². The highest BCUT2D eigenvalue weighted by Crippen LogP contribution is 2.38.